The van der Waals surface area contributed by atoms with Crippen molar-refractivity contribution in [2.24, 2.45) is 0 Å². The number of nitrogens with one attached hydrogen (secondary N) is 1. The quantitative estimate of drug-likeness (QED) is 0.896. The van der Waals surface area contributed by atoms with E-state index in [1.54, 1.807) is 13.0 Å². The van der Waals surface area contributed by atoms with Crippen LogP contribution in [-0.2, 0) is 4.79 Å². The van der Waals surface area contributed by atoms with Gasteiger partial charge < -0.3 is 15.3 Å². The van der Waals surface area contributed by atoms with Gasteiger partial charge in [-0.3, -0.25) is 4.79 Å². The molecular weight excluding hydrogens is 307 g/mol. The van der Waals surface area contributed by atoms with Gasteiger partial charge in [-0.05, 0) is 25.1 Å². The molecule has 0 spiro atoms. The van der Waals surface area contributed by atoms with Crippen LogP contribution in [-0.4, -0.2) is 35.1 Å². The number of carboxylic acid groups (broad SMARTS) is 1. The van der Waals surface area contributed by atoms with E-state index in [-0.39, 0.29) is 12.2 Å². The van der Waals surface area contributed by atoms with Crippen LogP contribution >= 0.6 is 15.9 Å². The number of anilines is 1. The molecular formula is C11H12BrFN2O3. The van der Waals surface area contributed by atoms with Crippen LogP contribution < -0.4 is 5.32 Å². The third-order valence-corrected chi connectivity index (χ3v) is 2.66. The van der Waals surface area contributed by atoms with Gasteiger partial charge in [0.1, 0.15) is 12.4 Å². The summed E-state index contributed by atoms with van der Waals surface area (Å²) in [5.74, 6) is -1.72. The van der Waals surface area contributed by atoms with Gasteiger partial charge in [-0.2, -0.15) is 0 Å². The molecule has 0 fully saturated rings. The van der Waals surface area contributed by atoms with Gasteiger partial charge in [-0.25, -0.2) is 9.18 Å². The Morgan fingerprint density at radius 2 is 2.17 bits per heavy atom. The fourth-order valence-corrected chi connectivity index (χ4v) is 1.61. The Labute approximate surface area is 112 Å². The molecule has 1 aromatic carbocycles. The van der Waals surface area contributed by atoms with Crippen molar-refractivity contribution >= 4 is 33.6 Å². The maximum atomic E-state index is 13.5. The summed E-state index contributed by atoms with van der Waals surface area (Å²) >= 11 is 3.10. The average molecular weight is 319 g/mol. The van der Waals surface area contributed by atoms with E-state index in [0.717, 1.165) is 4.90 Å². The van der Waals surface area contributed by atoms with Crippen molar-refractivity contribution < 1.29 is 19.1 Å². The van der Waals surface area contributed by atoms with E-state index in [0.29, 0.717) is 4.47 Å². The minimum absolute atomic E-state index is 0.00652. The first kappa shape index (κ1) is 14.4. The number of amides is 2. The van der Waals surface area contributed by atoms with Crippen LogP contribution in [0.25, 0.3) is 0 Å². The molecule has 0 bridgehead atoms. The molecule has 1 rings (SSSR count). The average Bonchev–Trinajstić information content (AvgIpc) is 2.29. The second kappa shape index (κ2) is 6.34. The summed E-state index contributed by atoms with van der Waals surface area (Å²) in [5.41, 5.74) is 0.00652. The molecule has 2 amide bonds. The summed E-state index contributed by atoms with van der Waals surface area (Å²) in [6.45, 7) is 1.43. The molecule has 2 N–H and O–H groups in total. The van der Waals surface area contributed by atoms with Crippen LogP contribution in [0.5, 0.6) is 0 Å². The Kier molecular flexibility index (Phi) is 5.08. The highest BCUT2D eigenvalue weighted by atomic mass is 79.9. The van der Waals surface area contributed by atoms with Crippen molar-refractivity contribution in [1.29, 1.82) is 0 Å². The number of carboxylic acids is 1. The van der Waals surface area contributed by atoms with E-state index in [2.05, 4.69) is 21.2 Å². The number of rotatable bonds is 4. The van der Waals surface area contributed by atoms with Crippen molar-refractivity contribution in [3.05, 3.63) is 28.5 Å². The van der Waals surface area contributed by atoms with Crippen molar-refractivity contribution in [3.8, 4) is 0 Å². The van der Waals surface area contributed by atoms with Crippen LogP contribution in [0.15, 0.2) is 22.7 Å². The zero-order valence-corrected chi connectivity index (χ0v) is 11.2. The van der Waals surface area contributed by atoms with Crippen molar-refractivity contribution in [2.75, 3.05) is 18.4 Å². The number of nitrogens with zero attached hydrogens (tertiary/aromatic N) is 1. The molecule has 0 aliphatic rings. The number of likely N-dealkylation sites (N-methyl/N-ethyl adjacent to an activating group) is 1. The lowest BCUT2D eigenvalue weighted by molar-refractivity contribution is -0.137. The van der Waals surface area contributed by atoms with Gasteiger partial charge in [0.05, 0.1) is 5.69 Å². The minimum Gasteiger partial charge on any atom is -0.480 e. The fraction of sp³-hybridized carbons (Fsp3) is 0.273. The summed E-state index contributed by atoms with van der Waals surface area (Å²) in [7, 11) is 0. The first-order valence-electron chi connectivity index (χ1n) is 5.16. The van der Waals surface area contributed by atoms with Gasteiger partial charge in [-0.1, -0.05) is 15.9 Å². The molecule has 1 aromatic rings. The van der Waals surface area contributed by atoms with E-state index in [1.807, 2.05) is 0 Å². The molecule has 18 heavy (non-hydrogen) atoms. The van der Waals surface area contributed by atoms with Crippen molar-refractivity contribution in [1.82, 2.24) is 4.90 Å². The first-order chi connectivity index (χ1) is 8.43. The van der Waals surface area contributed by atoms with Gasteiger partial charge in [0, 0.05) is 11.0 Å². The molecule has 0 heterocycles. The topological polar surface area (TPSA) is 69.6 Å². The maximum absolute atomic E-state index is 13.5. The van der Waals surface area contributed by atoms with Crippen LogP contribution in [0.3, 0.4) is 0 Å². The number of benzene rings is 1. The summed E-state index contributed by atoms with van der Waals surface area (Å²) in [4.78, 5) is 23.3. The summed E-state index contributed by atoms with van der Waals surface area (Å²) in [6, 6.07) is 3.53. The molecule has 7 heteroatoms. The smallest absolute Gasteiger partial charge is 0.323 e. The van der Waals surface area contributed by atoms with Gasteiger partial charge in [0.25, 0.3) is 0 Å². The summed E-state index contributed by atoms with van der Waals surface area (Å²) in [5, 5.41) is 10.9. The van der Waals surface area contributed by atoms with Crippen molar-refractivity contribution in [3.63, 3.8) is 0 Å². The molecule has 0 aromatic heterocycles. The Balaban J connectivity index is 2.76. The Morgan fingerprint density at radius 1 is 1.50 bits per heavy atom. The van der Waals surface area contributed by atoms with Crippen LogP contribution in [0.1, 0.15) is 6.92 Å². The molecule has 0 radical (unpaired) electrons. The van der Waals surface area contributed by atoms with E-state index >= 15 is 0 Å². The maximum Gasteiger partial charge on any atom is 0.323 e. The van der Waals surface area contributed by atoms with Crippen molar-refractivity contribution in [2.45, 2.75) is 6.92 Å². The molecule has 5 nitrogen and oxygen atoms in total. The largest absolute Gasteiger partial charge is 0.480 e. The fourth-order valence-electron chi connectivity index (χ4n) is 1.28. The molecule has 0 unspecified atom stereocenters. The normalized spacial score (nSPS) is 9.94. The van der Waals surface area contributed by atoms with E-state index in [4.69, 9.17) is 5.11 Å². The number of aliphatic carboxylic acids is 1. The SMILES string of the molecule is CCN(CC(=O)O)C(=O)Nc1ccc(Br)cc1F. The summed E-state index contributed by atoms with van der Waals surface area (Å²) < 4.78 is 14.0. The Bertz CT molecular complexity index is 468. The number of carbonyl (C=O) groups excluding carboxylic acids is 1. The van der Waals surface area contributed by atoms with Crippen LogP contribution in [0.2, 0.25) is 0 Å². The monoisotopic (exact) mass is 318 g/mol. The molecule has 0 atom stereocenters. The van der Waals surface area contributed by atoms with Gasteiger partial charge in [-0.15, -0.1) is 0 Å². The van der Waals surface area contributed by atoms with Gasteiger partial charge >= 0.3 is 12.0 Å². The Hall–Kier alpha value is -1.63. The second-order valence-corrected chi connectivity index (χ2v) is 4.38. The van der Waals surface area contributed by atoms with Crippen LogP contribution in [0, 0.1) is 5.82 Å². The molecule has 0 aliphatic carbocycles. The highest BCUT2D eigenvalue weighted by molar-refractivity contribution is 9.10. The number of hydrogen-bond donors (Lipinski definition) is 2. The predicted octanol–water partition coefficient (Wildman–Crippen LogP) is 2.53. The molecule has 0 aliphatic heterocycles. The minimum atomic E-state index is -1.12. The van der Waals surface area contributed by atoms with Gasteiger partial charge in [0.2, 0.25) is 0 Å². The molecule has 98 valence electrons. The third-order valence-electron chi connectivity index (χ3n) is 2.17. The zero-order valence-electron chi connectivity index (χ0n) is 9.61. The lowest BCUT2D eigenvalue weighted by atomic mass is 10.3. The number of hydrogen-bond acceptors (Lipinski definition) is 2. The number of halogens is 2. The molecule has 0 saturated carbocycles. The number of carbonyl (C=O) groups is 2. The van der Waals surface area contributed by atoms with E-state index < -0.39 is 24.4 Å². The molecule has 0 saturated heterocycles. The summed E-state index contributed by atoms with van der Waals surface area (Å²) in [6.07, 6.45) is 0. The second-order valence-electron chi connectivity index (χ2n) is 3.46. The highest BCUT2D eigenvalue weighted by Crippen LogP contribution is 2.19. The van der Waals surface area contributed by atoms with E-state index in [1.165, 1.54) is 12.1 Å². The predicted molar refractivity (Wildman–Crippen MR) is 68.0 cm³/mol. The first-order valence-corrected chi connectivity index (χ1v) is 5.96. The number of urea groups is 1. The highest BCUT2D eigenvalue weighted by Gasteiger charge is 2.16. The third kappa shape index (κ3) is 3.99. The zero-order chi connectivity index (χ0) is 13.7. The van der Waals surface area contributed by atoms with E-state index in [9.17, 15) is 14.0 Å². The van der Waals surface area contributed by atoms with Crippen LogP contribution in [0.4, 0.5) is 14.9 Å². The lowest BCUT2D eigenvalue weighted by Gasteiger charge is -2.19. The Morgan fingerprint density at radius 3 is 2.67 bits per heavy atom. The lowest BCUT2D eigenvalue weighted by Crippen LogP contribution is -2.38. The standard InChI is InChI=1S/C11H12BrFN2O3/c1-2-15(6-10(16)17)11(18)14-9-4-3-7(12)5-8(9)13/h3-5H,2,6H2,1H3,(H,14,18)(H,16,17). The van der Waals surface area contributed by atoms with Gasteiger partial charge in [0.15, 0.2) is 0 Å².